The second kappa shape index (κ2) is 5.59. The molecule has 1 nitrogen and oxygen atoms in total. The minimum Gasteiger partial charge on any atom is -0.198 e. The van der Waals surface area contributed by atoms with E-state index in [1.54, 1.807) is 11.8 Å². The van der Waals surface area contributed by atoms with Gasteiger partial charge in [0, 0.05) is 22.3 Å². The number of para-hydroxylation sites is 1. The van der Waals surface area contributed by atoms with Crippen LogP contribution in [-0.4, -0.2) is 8.94 Å². The van der Waals surface area contributed by atoms with E-state index in [0.29, 0.717) is 0 Å². The zero-order valence-corrected chi connectivity index (χ0v) is 13.6. The van der Waals surface area contributed by atoms with E-state index < -0.39 is 0 Å². The lowest BCUT2D eigenvalue weighted by Gasteiger charge is -2.17. The number of fused-ring (bicyclic) bond motifs is 1. The van der Waals surface area contributed by atoms with Crippen LogP contribution >= 0.6 is 24.0 Å². The minimum atomic E-state index is 0.187. The van der Waals surface area contributed by atoms with Crippen LogP contribution < -0.4 is 4.57 Å². The van der Waals surface area contributed by atoms with Gasteiger partial charge in [0.05, 0.1) is 10.6 Å². The van der Waals surface area contributed by atoms with Crippen LogP contribution in [0.4, 0.5) is 0 Å². The van der Waals surface area contributed by atoms with Crippen molar-refractivity contribution in [2.75, 3.05) is 0 Å². The molecule has 0 aliphatic rings. The first-order valence-corrected chi connectivity index (χ1v) is 7.68. The SMILES string of the molecule is C[n+]1c(CC(=S)SC(C)(C)C)ccc2ccccc21. The number of aromatic nitrogens is 1. The topological polar surface area (TPSA) is 3.88 Å². The standard InChI is InChI=1S/C16H20NS2/c1-16(2,3)19-15(18)11-13-10-9-12-7-5-6-8-14(12)17(13)4/h5-10H,11H2,1-4H3/q+1. The average molecular weight is 290 g/mol. The van der Waals surface area contributed by atoms with Crippen LogP contribution in [0.3, 0.4) is 0 Å². The van der Waals surface area contributed by atoms with Crippen LogP contribution in [0, 0.1) is 0 Å². The van der Waals surface area contributed by atoms with Crippen molar-refractivity contribution >= 4 is 39.1 Å². The number of rotatable bonds is 2. The molecule has 3 heteroatoms. The molecule has 2 rings (SSSR count). The lowest BCUT2D eigenvalue weighted by molar-refractivity contribution is -0.652. The summed E-state index contributed by atoms with van der Waals surface area (Å²) in [6.07, 6.45) is 0.846. The van der Waals surface area contributed by atoms with Crippen molar-refractivity contribution in [3.8, 4) is 0 Å². The summed E-state index contributed by atoms with van der Waals surface area (Å²) >= 11 is 7.30. The molecule has 0 atom stereocenters. The van der Waals surface area contributed by atoms with Crippen LogP contribution in [0.2, 0.25) is 0 Å². The summed E-state index contributed by atoms with van der Waals surface area (Å²) in [6.45, 7) is 6.60. The van der Waals surface area contributed by atoms with Crippen molar-refractivity contribution in [1.29, 1.82) is 0 Å². The Morgan fingerprint density at radius 1 is 1.16 bits per heavy atom. The molecule has 0 aliphatic carbocycles. The van der Waals surface area contributed by atoms with Gasteiger partial charge in [-0.1, -0.05) is 45.1 Å². The minimum absolute atomic E-state index is 0.187. The van der Waals surface area contributed by atoms with Gasteiger partial charge in [0.2, 0.25) is 5.52 Å². The molecule has 1 aromatic heterocycles. The second-order valence-corrected chi connectivity index (χ2v) is 8.38. The summed E-state index contributed by atoms with van der Waals surface area (Å²) in [7, 11) is 2.11. The molecule has 0 bridgehead atoms. The van der Waals surface area contributed by atoms with Gasteiger partial charge >= 0.3 is 0 Å². The summed E-state index contributed by atoms with van der Waals surface area (Å²) in [5.74, 6) is 0. The van der Waals surface area contributed by atoms with Gasteiger partial charge in [0.1, 0.15) is 7.05 Å². The molecule has 0 N–H and O–H groups in total. The second-order valence-electron chi connectivity index (χ2n) is 5.71. The highest BCUT2D eigenvalue weighted by Crippen LogP contribution is 2.26. The summed E-state index contributed by atoms with van der Waals surface area (Å²) in [5.41, 5.74) is 2.52. The molecule has 0 unspecified atom stereocenters. The number of hydrogen-bond donors (Lipinski definition) is 0. The molecule has 0 amide bonds. The number of pyridine rings is 1. The van der Waals surface area contributed by atoms with Crippen molar-refractivity contribution in [1.82, 2.24) is 0 Å². The molecule has 0 spiro atoms. The molecule has 19 heavy (non-hydrogen) atoms. The van der Waals surface area contributed by atoms with E-state index >= 15 is 0 Å². The zero-order chi connectivity index (χ0) is 14.0. The van der Waals surface area contributed by atoms with E-state index in [2.05, 4.69) is 68.8 Å². The van der Waals surface area contributed by atoms with Crippen LogP contribution in [0.25, 0.3) is 10.9 Å². The lowest BCUT2D eigenvalue weighted by Crippen LogP contribution is -2.35. The predicted molar refractivity (Wildman–Crippen MR) is 88.8 cm³/mol. The Hall–Kier alpha value is -0.930. The molecule has 0 aliphatic heterocycles. The Balaban J connectivity index is 2.26. The summed E-state index contributed by atoms with van der Waals surface area (Å²) in [4.78, 5) is 0. The Labute approximate surface area is 125 Å². The molecular formula is C16H20NS2+. The highest BCUT2D eigenvalue weighted by atomic mass is 32.2. The Bertz CT molecular complexity index is 612. The monoisotopic (exact) mass is 290 g/mol. The fourth-order valence-electron chi connectivity index (χ4n) is 2.09. The van der Waals surface area contributed by atoms with Crippen molar-refractivity contribution in [2.45, 2.75) is 31.9 Å². The third-order valence-corrected chi connectivity index (χ3v) is 4.31. The number of thioether (sulfide) groups is 1. The molecule has 0 fully saturated rings. The normalized spacial score (nSPS) is 11.8. The maximum absolute atomic E-state index is 5.52. The first-order valence-electron chi connectivity index (χ1n) is 6.45. The molecule has 1 heterocycles. The van der Waals surface area contributed by atoms with Crippen LogP contribution in [-0.2, 0) is 13.5 Å². The third kappa shape index (κ3) is 3.77. The van der Waals surface area contributed by atoms with Gasteiger partial charge in [-0.05, 0) is 12.1 Å². The van der Waals surface area contributed by atoms with E-state index in [1.807, 2.05) is 0 Å². The van der Waals surface area contributed by atoms with E-state index in [-0.39, 0.29) is 4.75 Å². The van der Waals surface area contributed by atoms with E-state index in [9.17, 15) is 0 Å². The van der Waals surface area contributed by atoms with E-state index in [4.69, 9.17) is 12.2 Å². The number of aryl methyl sites for hydroxylation is 1. The molecule has 0 saturated carbocycles. The van der Waals surface area contributed by atoms with Crippen LogP contribution in [0.5, 0.6) is 0 Å². The fourth-order valence-corrected chi connectivity index (χ4v) is 3.89. The van der Waals surface area contributed by atoms with Gasteiger partial charge in [-0.3, -0.25) is 0 Å². The molecule has 0 saturated heterocycles. The summed E-state index contributed by atoms with van der Waals surface area (Å²) < 4.78 is 3.48. The highest BCUT2D eigenvalue weighted by molar-refractivity contribution is 8.23. The lowest BCUT2D eigenvalue weighted by atomic mass is 10.1. The largest absolute Gasteiger partial charge is 0.212 e. The maximum Gasteiger partial charge on any atom is 0.212 e. The zero-order valence-electron chi connectivity index (χ0n) is 11.9. The van der Waals surface area contributed by atoms with Crippen LogP contribution in [0.15, 0.2) is 36.4 Å². The fraction of sp³-hybridized carbons (Fsp3) is 0.375. The van der Waals surface area contributed by atoms with Gasteiger partial charge < -0.3 is 0 Å². The molecule has 100 valence electrons. The van der Waals surface area contributed by atoms with Crippen molar-refractivity contribution in [3.05, 3.63) is 42.1 Å². The number of benzene rings is 1. The maximum atomic E-state index is 5.52. The first kappa shape index (κ1) is 14.5. The smallest absolute Gasteiger partial charge is 0.198 e. The van der Waals surface area contributed by atoms with E-state index in [1.165, 1.54) is 16.6 Å². The Morgan fingerprint density at radius 2 is 1.84 bits per heavy atom. The van der Waals surface area contributed by atoms with Gasteiger partial charge in [0.15, 0.2) is 5.69 Å². The Morgan fingerprint density at radius 3 is 2.53 bits per heavy atom. The first-order chi connectivity index (χ1) is 8.87. The van der Waals surface area contributed by atoms with Gasteiger partial charge in [-0.2, -0.15) is 4.57 Å². The van der Waals surface area contributed by atoms with Gasteiger partial charge in [-0.25, -0.2) is 0 Å². The molecule has 0 radical (unpaired) electrons. The number of nitrogens with zero attached hydrogens (tertiary/aromatic N) is 1. The van der Waals surface area contributed by atoms with Crippen LogP contribution in [0.1, 0.15) is 26.5 Å². The average Bonchev–Trinajstić information content (AvgIpc) is 2.31. The molecule has 1 aromatic carbocycles. The number of hydrogen-bond acceptors (Lipinski definition) is 2. The number of thiocarbonyl (C=S) groups is 1. The van der Waals surface area contributed by atoms with Crippen molar-refractivity contribution in [2.24, 2.45) is 7.05 Å². The summed E-state index contributed by atoms with van der Waals surface area (Å²) in [6, 6.07) is 12.8. The third-order valence-electron chi connectivity index (χ3n) is 2.93. The molecular weight excluding hydrogens is 270 g/mol. The van der Waals surface area contributed by atoms with E-state index in [0.717, 1.165) is 10.6 Å². The highest BCUT2D eigenvalue weighted by Gasteiger charge is 2.18. The summed E-state index contributed by atoms with van der Waals surface area (Å²) in [5, 5.41) is 1.27. The van der Waals surface area contributed by atoms with Crippen molar-refractivity contribution < 1.29 is 4.57 Å². The Kier molecular flexibility index (Phi) is 4.26. The van der Waals surface area contributed by atoms with Gasteiger partial charge in [-0.15, -0.1) is 11.8 Å². The van der Waals surface area contributed by atoms with Gasteiger partial charge in [0.25, 0.3) is 0 Å². The quantitative estimate of drug-likeness (QED) is 0.606. The molecule has 2 aromatic rings. The van der Waals surface area contributed by atoms with Crippen molar-refractivity contribution in [3.63, 3.8) is 0 Å². The predicted octanol–water partition coefficient (Wildman–Crippen LogP) is 4.07.